The average molecular weight is 464 g/mol. The van der Waals surface area contributed by atoms with Crippen LogP contribution in [0, 0.1) is 5.41 Å². The van der Waals surface area contributed by atoms with Gasteiger partial charge in [-0.3, -0.25) is 5.10 Å². The second kappa shape index (κ2) is 8.06. The van der Waals surface area contributed by atoms with E-state index < -0.39 is 0 Å². The Labute approximate surface area is 199 Å². The molecule has 34 heavy (non-hydrogen) atoms. The lowest BCUT2D eigenvalue weighted by molar-refractivity contribution is 0.0974. The zero-order valence-corrected chi connectivity index (χ0v) is 20.1. The number of aromatic amines is 1. The highest BCUT2D eigenvalue weighted by Gasteiger charge is 2.47. The van der Waals surface area contributed by atoms with Gasteiger partial charge in [-0.25, -0.2) is 15.0 Å². The second-order valence-electron chi connectivity index (χ2n) is 10.1. The van der Waals surface area contributed by atoms with Gasteiger partial charge in [0.15, 0.2) is 22.8 Å². The Kier molecular flexibility index (Phi) is 5.11. The highest BCUT2D eigenvalue weighted by molar-refractivity contribution is 5.89. The van der Waals surface area contributed by atoms with Crippen LogP contribution in [0.5, 0.6) is 0 Å². The highest BCUT2D eigenvalue weighted by Crippen LogP contribution is 2.42. The molecule has 0 bridgehead atoms. The average Bonchev–Trinajstić information content (AvgIpc) is 3.40. The van der Waals surface area contributed by atoms with Crippen molar-refractivity contribution in [3.05, 3.63) is 24.5 Å². The maximum absolute atomic E-state index is 6.48. The first-order valence-corrected chi connectivity index (χ1v) is 12.3. The number of H-pyrrole nitrogens is 1. The van der Waals surface area contributed by atoms with E-state index in [9.17, 15) is 0 Å². The molecule has 6 rings (SSSR count). The Hall–Kier alpha value is -2.98. The number of aromatic nitrogens is 5. The summed E-state index contributed by atoms with van der Waals surface area (Å²) in [6.45, 7) is 10.7. The van der Waals surface area contributed by atoms with Crippen molar-refractivity contribution >= 4 is 34.3 Å². The van der Waals surface area contributed by atoms with Gasteiger partial charge in [-0.15, -0.1) is 0 Å². The summed E-state index contributed by atoms with van der Waals surface area (Å²) in [5.74, 6) is 2.66. The van der Waals surface area contributed by atoms with Crippen molar-refractivity contribution in [2.45, 2.75) is 51.8 Å². The number of fused-ring (bicyclic) bond motifs is 2. The summed E-state index contributed by atoms with van der Waals surface area (Å²) in [5, 5.41) is 7.75. The van der Waals surface area contributed by atoms with Gasteiger partial charge in [0.25, 0.3) is 0 Å². The van der Waals surface area contributed by atoms with Gasteiger partial charge >= 0.3 is 0 Å². The number of rotatable bonds is 3. The van der Waals surface area contributed by atoms with Crippen LogP contribution in [0.25, 0.3) is 11.2 Å². The SMILES string of the molecule is CC(C)N1CCN(c2n[nH]c3nc(N4CCC5(CC4)CO[C@@H](C)[C@H]5N)cnc23)c2cccnc21. The molecule has 0 aromatic carbocycles. The first kappa shape index (κ1) is 21.5. The highest BCUT2D eigenvalue weighted by atomic mass is 16.5. The fourth-order valence-corrected chi connectivity index (χ4v) is 5.75. The molecule has 3 aromatic rings. The Balaban J connectivity index is 1.25. The zero-order chi connectivity index (χ0) is 23.4. The molecule has 2 saturated heterocycles. The number of pyridine rings is 1. The van der Waals surface area contributed by atoms with Gasteiger partial charge in [0.1, 0.15) is 5.82 Å². The van der Waals surface area contributed by atoms with E-state index >= 15 is 0 Å². The molecule has 2 fully saturated rings. The lowest BCUT2D eigenvalue weighted by atomic mass is 9.73. The van der Waals surface area contributed by atoms with Crippen molar-refractivity contribution in [1.82, 2.24) is 25.1 Å². The van der Waals surface area contributed by atoms with Crippen molar-refractivity contribution in [1.29, 1.82) is 0 Å². The van der Waals surface area contributed by atoms with E-state index in [4.69, 9.17) is 20.4 Å². The van der Waals surface area contributed by atoms with E-state index in [0.717, 1.165) is 74.3 Å². The minimum absolute atomic E-state index is 0.0914. The molecule has 3 aliphatic rings. The first-order valence-electron chi connectivity index (χ1n) is 12.3. The number of ether oxygens (including phenoxy) is 1. The fraction of sp³-hybridized carbons (Fsp3) is 0.583. The molecular formula is C24H33N9O. The summed E-state index contributed by atoms with van der Waals surface area (Å²) < 4.78 is 5.87. The summed E-state index contributed by atoms with van der Waals surface area (Å²) in [4.78, 5) is 21.2. The van der Waals surface area contributed by atoms with Crippen molar-refractivity contribution < 1.29 is 4.74 Å². The predicted molar refractivity (Wildman–Crippen MR) is 133 cm³/mol. The van der Waals surface area contributed by atoms with Crippen molar-refractivity contribution in [2.24, 2.45) is 11.1 Å². The Morgan fingerprint density at radius 3 is 2.71 bits per heavy atom. The van der Waals surface area contributed by atoms with E-state index in [1.807, 2.05) is 18.5 Å². The van der Waals surface area contributed by atoms with Gasteiger partial charge < -0.3 is 25.2 Å². The van der Waals surface area contributed by atoms with Crippen LogP contribution in [0.3, 0.4) is 0 Å². The number of hydrogen-bond donors (Lipinski definition) is 2. The standard InChI is InChI=1S/C24H33N9O/c1-15(2)32-11-12-33(17-5-4-8-26-22(17)32)23-19-21(29-30-23)28-18(13-27-19)31-9-6-24(7-10-31)14-34-16(3)20(24)25/h4-5,8,13,15-16,20H,6-7,9-12,14,25H2,1-3H3,(H,28,29,30)/t16-,20+/m0/s1. The Morgan fingerprint density at radius 1 is 1.15 bits per heavy atom. The summed E-state index contributed by atoms with van der Waals surface area (Å²) in [6.07, 6.45) is 5.88. The molecule has 3 aromatic heterocycles. The monoisotopic (exact) mass is 463 g/mol. The number of anilines is 4. The number of nitrogens with two attached hydrogens (primary N) is 1. The molecule has 3 N–H and O–H groups in total. The molecule has 0 unspecified atom stereocenters. The fourth-order valence-electron chi connectivity index (χ4n) is 5.75. The summed E-state index contributed by atoms with van der Waals surface area (Å²) in [7, 11) is 0. The normalized spacial score (nSPS) is 24.4. The van der Waals surface area contributed by atoms with E-state index in [-0.39, 0.29) is 17.6 Å². The van der Waals surface area contributed by atoms with E-state index in [1.165, 1.54) is 0 Å². The van der Waals surface area contributed by atoms with Crippen LogP contribution in [0.15, 0.2) is 24.5 Å². The Bertz CT molecular complexity index is 1190. The van der Waals surface area contributed by atoms with Crippen LogP contribution in [0.2, 0.25) is 0 Å². The topological polar surface area (TPSA) is 112 Å². The minimum Gasteiger partial charge on any atom is -0.376 e. The third-order valence-corrected chi connectivity index (χ3v) is 7.94. The second-order valence-corrected chi connectivity index (χ2v) is 10.1. The van der Waals surface area contributed by atoms with Crippen LogP contribution in [-0.4, -0.2) is 76.1 Å². The van der Waals surface area contributed by atoms with Gasteiger partial charge in [0.05, 0.1) is 24.6 Å². The maximum atomic E-state index is 6.48. The van der Waals surface area contributed by atoms with Gasteiger partial charge in [0.2, 0.25) is 0 Å². The smallest absolute Gasteiger partial charge is 0.183 e. The van der Waals surface area contributed by atoms with Crippen LogP contribution in [0.1, 0.15) is 33.6 Å². The maximum Gasteiger partial charge on any atom is 0.183 e. The minimum atomic E-state index is 0.0914. The van der Waals surface area contributed by atoms with Crippen LogP contribution in [0.4, 0.5) is 23.1 Å². The van der Waals surface area contributed by atoms with E-state index in [0.29, 0.717) is 11.7 Å². The van der Waals surface area contributed by atoms with Gasteiger partial charge in [-0.05, 0) is 45.7 Å². The number of piperidine rings is 1. The van der Waals surface area contributed by atoms with Crippen molar-refractivity contribution in [2.75, 3.05) is 47.5 Å². The van der Waals surface area contributed by atoms with Gasteiger partial charge in [-0.2, -0.15) is 5.10 Å². The first-order chi connectivity index (χ1) is 16.5. The van der Waals surface area contributed by atoms with Gasteiger partial charge in [-0.1, -0.05) is 0 Å². The quantitative estimate of drug-likeness (QED) is 0.605. The van der Waals surface area contributed by atoms with Crippen molar-refractivity contribution in [3.8, 4) is 0 Å². The number of hydrogen-bond acceptors (Lipinski definition) is 9. The van der Waals surface area contributed by atoms with Gasteiger partial charge in [0, 0.05) is 49.9 Å². The molecule has 0 aliphatic carbocycles. The molecule has 3 aliphatic heterocycles. The third kappa shape index (κ3) is 3.31. The van der Waals surface area contributed by atoms with E-state index in [2.05, 4.69) is 56.7 Å². The summed E-state index contributed by atoms with van der Waals surface area (Å²) in [6, 6.07) is 4.55. The molecule has 180 valence electrons. The van der Waals surface area contributed by atoms with Crippen LogP contribution >= 0.6 is 0 Å². The number of nitrogens with one attached hydrogen (secondary N) is 1. The summed E-state index contributed by atoms with van der Waals surface area (Å²) in [5.41, 5.74) is 9.11. The molecule has 2 atom stereocenters. The molecule has 1 spiro atoms. The van der Waals surface area contributed by atoms with Crippen LogP contribution in [-0.2, 0) is 4.74 Å². The van der Waals surface area contributed by atoms with Crippen molar-refractivity contribution in [3.63, 3.8) is 0 Å². The number of nitrogens with zero attached hydrogens (tertiary/aromatic N) is 7. The lowest BCUT2D eigenvalue weighted by Crippen LogP contribution is -2.50. The van der Waals surface area contributed by atoms with Crippen LogP contribution < -0.4 is 20.4 Å². The third-order valence-electron chi connectivity index (χ3n) is 7.94. The zero-order valence-electron chi connectivity index (χ0n) is 20.1. The lowest BCUT2D eigenvalue weighted by Gasteiger charge is -2.41. The largest absolute Gasteiger partial charge is 0.376 e. The molecular weight excluding hydrogens is 430 g/mol. The Morgan fingerprint density at radius 2 is 1.97 bits per heavy atom. The molecule has 6 heterocycles. The predicted octanol–water partition coefficient (Wildman–Crippen LogP) is 2.45. The molecule has 10 heteroatoms. The van der Waals surface area contributed by atoms with E-state index in [1.54, 1.807) is 0 Å². The molecule has 10 nitrogen and oxygen atoms in total. The summed E-state index contributed by atoms with van der Waals surface area (Å²) >= 11 is 0. The molecule has 0 saturated carbocycles. The molecule has 0 amide bonds. The molecule has 0 radical (unpaired) electrons.